The molecule has 0 aromatic heterocycles. The van der Waals surface area contributed by atoms with Crippen LogP contribution >= 0.6 is 0 Å². The summed E-state index contributed by atoms with van der Waals surface area (Å²) in [4.78, 5) is 31.8. The van der Waals surface area contributed by atoms with Gasteiger partial charge in [0.1, 0.15) is 11.9 Å². The molecule has 3 aliphatic rings. The molecule has 2 amide bonds. The van der Waals surface area contributed by atoms with Gasteiger partial charge in [0.25, 0.3) is 0 Å². The van der Waals surface area contributed by atoms with Gasteiger partial charge in [-0.25, -0.2) is 4.39 Å². The number of likely N-dealkylation sites (tertiary alicyclic amines) is 3. The van der Waals surface area contributed by atoms with Crippen LogP contribution in [-0.4, -0.2) is 70.3 Å². The molecule has 4 rings (SSSR count). The van der Waals surface area contributed by atoms with Crippen molar-refractivity contribution in [2.24, 2.45) is 11.1 Å². The highest BCUT2D eigenvalue weighted by Crippen LogP contribution is 2.45. The predicted octanol–water partition coefficient (Wildman–Crippen LogP) is 2.04. The van der Waals surface area contributed by atoms with Crippen molar-refractivity contribution < 1.29 is 14.0 Å². The van der Waals surface area contributed by atoms with Crippen molar-refractivity contribution in [3.63, 3.8) is 0 Å². The Morgan fingerprint density at radius 1 is 1.31 bits per heavy atom. The lowest BCUT2D eigenvalue weighted by atomic mass is 9.80. The first kappa shape index (κ1) is 22.7. The van der Waals surface area contributed by atoms with Crippen molar-refractivity contribution in [2.45, 2.75) is 70.2 Å². The Labute approximate surface area is 188 Å². The van der Waals surface area contributed by atoms with E-state index in [0.717, 1.165) is 12.0 Å². The first-order valence-electron chi connectivity index (χ1n) is 11.4. The van der Waals surface area contributed by atoms with Gasteiger partial charge in [0.15, 0.2) is 0 Å². The molecule has 32 heavy (non-hydrogen) atoms. The minimum Gasteiger partial charge on any atom is -0.329 e. The smallest absolute Gasteiger partial charge is 0.241 e. The number of rotatable bonds is 5. The van der Waals surface area contributed by atoms with Crippen molar-refractivity contribution in [2.75, 3.05) is 19.6 Å². The second kappa shape index (κ2) is 8.45. The molecule has 2 bridgehead atoms. The average Bonchev–Trinajstić information content (AvgIpc) is 3.44. The summed E-state index contributed by atoms with van der Waals surface area (Å²) in [5.74, 6) is -0.460. The van der Waals surface area contributed by atoms with Crippen molar-refractivity contribution in [1.82, 2.24) is 14.7 Å². The summed E-state index contributed by atoms with van der Waals surface area (Å²) in [5.41, 5.74) is 6.94. The van der Waals surface area contributed by atoms with E-state index in [-0.39, 0.29) is 41.2 Å². The Morgan fingerprint density at radius 2 is 2.00 bits per heavy atom. The van der Waals surface area contributed by atoms with Crippen LogP contribution in [0.2, 0.25) is 0 Å². The van der Waals surface area contributed by atoms with Gasteiger partial charge >= 0.3 is 0 Å². The molecule has 3 fully saturated rings. The highest BCUT2D eigenvalue weighted by atomic mass is 19.1. The van der Waals surface area contributed by atoms with E-state index in [0.29, 0.717) is 32.5 Å². The maximum atomic E-state index is 13.5. The molecule has 5 atom stereocenters. The maximum absolute atomic E-state index is 13.5. The SMILES string of the molecule is CC(C)(C)[C@@H](c1ccc(F)cc1)N1C(=O)[C@H]2C[C@@H]1CN2C[C@H](N)C(=O)N1CCC[C@H]1C#N. The number of hydrogen-bond acceptors (Lipinski definition) is 5. The molecular formula is C24H32FN5O2. The number of carbonyl (C=O) groups excluding carboxylic acids is 2. The molecular weight excluding hydrogens is 409 g/mol. The number of benzene rings is 1. The van der Waals surface area contributed by atoms with E-state index in [1.807, 2.05) is 9.80 Å². The van der Waals surface area contributed by atoms with Crippen LogP contribution < -0.4 is 5.73 Å². The van der Waals surface area contributed by atoms with Gasteiger partial charge in [0, 0.05) is 25.7 Å². The van der Waals surface area contributed by atoms with E-state index in [9.17, 15) is 19.2 Å². The van der Waals surface area contributed by atoms with E-state index in [1.54, 1.807) is 17.0 Å². The summed E-state index contributed by atoms with van der Waals surface area (Å²) in [5, 5.41) is 9.26. The zero-order valence-electron chi connectivity index (χ0n) is 19.0. The number of nitrogens with zero attached hydrogens (tertiary/aromatic N) is 4. The molecule has 3 aliphatic heterocycles. The Morgan fingerprint density at radius 3 is 2.59 bits per heavy atom. The lowest BCUT2D eigenvalue weighted by Crippen LogP contribution is -2.57. The van der Waals surface area contributed by atoms with Crippen LogP contribution in [0.25, 0.3) is 0 Å². The molecule has 3 saturated heterocycles. The van der Waals surface area contributed by atoms with Gasteiger partial charge in [-0.15, -0.1) is 0 Å². The van der Waals surface area contributed by atoms with Gasteiger partial charge < -0.3 is 15.5 Å². The van der Waals surface area contributed by atoms with E-state index in [1.165, 1.54) is 12.1 Å². The highest BCUT2D eigenvalue weighted by molar-refractivity contribution is 5.87. The van der Waals surface area contributed by atoms with E-state index < -0.39 is 12.1 Å². The van der Waals surface area contributed by atoms with Crippen LogP contribution in [0.5, 0.6) is 0 Å². The summed E-state index contributed by atoms with van der Waals surface area (Å²) < 4.78 is 13.5. The lowest BCUT2D eigenvalue weighted by Gasteiger charge is -2.45. The highest BCUT2D eigenvalue weighted by Gasteiger charge is 2.54. The first-order valence-corrected chi connectivity index (χ1v) is 11.4. The fourth-order valence-corrected chi connectivity index (χ4v) is 5.66. The predicted molar refractivity (Wildman–Crippen MR) is 118 cm³/mol. The zero-order chi connectivity index (χ0) is 23.2. The largest absolute Gasteiger partial charge is 0.329 e. The van der Waals surface area contributed by atoms with Gasteiger partial charge in [0.05, 0.1) is 24.2 Å². The summed E-state index contributed by atoms with van der Waals surface area (Å²) >= 11 is 0. The molecule has 7 nitrogen and oxygen atoms in total. The Balaban J connectivity index is 1.47. The van der Waals surface area contributed by atoms with Crippen LogP contribution in [-0.2, 0) is 9.59 Å². The molecule has 1 aromatic carbocycles. The van der Waals surface area contributed by atoms with Crippen LogP contribution in [0.3, 0.4) is 0 Å². The number of amides is 2. The number of nitriles is 1. The molecule has 172 valence electrons. The standard InChI is InChI=1S/C24H32FN5O2/c1-24(2,3)21(15-6-8-16(25)9-7-15)30-18-11-20(23(30)32)28(13-18)14-19(27)22(31)29-10-4-5-17(29)12-26/h6-9,17-21H,4-5,10-11,13-14,27H2,1-3H3/t17-,18+,19-,20+,21+/m0/s1. The number of piperazine rings is 1. The van der Waals surface area contributed by atoms with Crippen LogP contribution in [0.4, 0.5) is 4.39 Å². The maximum Gasteiger partial charge on any atom is 0.241 e. The Bertz CT molecular complexity index is 922. The second-order valence-corrected chi connectivity index (χ2v) is 10.4. The molecule has 2 N–H and O–H groups in total. The van der Waals surface area contributed by atoms with Crippen molar-refractivity contribution in [1.29, 1.82) is 5.26 Å². The van der Waals surface area contributed by atoms with Crippen LogP contribution in [0.15, 0.2) is 24.3 Å². The van der Waals surface area contributed by atoms with Gasteiger partial charge in [-0.05, 0) is 42.4 Å². The molecule has 8 heteroatoms. The molecule has 0 aliphatic carbocycles. The molecule has 0 spiro atoms. The third-order valence-electron chi connectivity index (χ3n) is 7.03. The molecule has 0 saturated carbocycles. The first-order chi connectivity index (χ1) is 15.1. The summed E-state index contributed by atoms with van der Waals surface area (Å²) in [7, 11) is 0. The average molecular weight is 442 g/mol. The minimum absolute atomic E-state index is 0.0303. The third-order valence-corrected chi connectivity index (χ3v) is 7.03. The second-order valence-electron chi connectivity index (χ2n) is 10.4. The summed E-state index contributed by atoms with van der Waals surface area (Å²) in [6.07, 6.45) is 2.21. The van der Waals surface area contributed by atoms with Gasteiger partial charge in [-0.1, -0.05) is 32.9 Å². The monoisotopic (exact) mass is 441 g/mol. The third kappa shape index (κ3) is 4.00. The van der Waals surface area contributed by atoms with E-state index in [2.05, 4.69) is 26.8 Å². The zero-order valence-corrected chi connectivity index (χ0v) is 19.0. The molecule has 1 aromatic rings. The Hall–Kier alpha value is -2.50. The molecule has 0 radical (unpaired) electrons. The van der Waals surface area contributed by atoms with Gasteiger partial charge in [-0.3, -0.25) is 14.5 Å². The fraction of sp³-hybridized carbons (Fsp3) is 0.625. The fourth-order valence-electron chi connectivity index (χ4n) is 5.66. The Kier molecular flexibility index (Phi) is 5.99. The molecule has 3 heterocycles. The lowest BCUT2D eigenvalue weighted by molar-refractivity contribution is -0.143. The quantitative estimate of drug-likeness (QED) is 0.755. The van der Waals surface area contributed by atoms with E-state index >= 15 is 0 Å². The topological polar surface area (TPSA) is 93.7 Å². The minimum atomic E-state index is -0.750. The van der Waals surface area contributed by atoms with E-state index in [4.69, 9.17) is 5.73 Å². The number of hydrogen-bond donors (Lipinski definition) is 1. The normalized spacial score (nSPS) is 27.6. The molecule has 0 unspecified atom stereocenters. The van der Waals surface area contributed by atoms with Crippen LogP contribution in [0, 0.1) is 22.6 Å². The summed E-state index contributed by atoms with van der Waals surface area (Å²) in [6.45, 7) is 7.81. The number of carbonyl (C=O) groups is 2. The van der Waals surface area contributed by atoms with Crippen LogP contribution in [0.1, 0.15) is 51.6 Å². The van der Waals surface area contributed by atoms with Gasteiger partial charge in [0.2, 0.25) is 11.8 Å². The van der Waals surface area contributed by atoms with Crippen molar-refractivity contribution in [3.05, 3.63) is 35.6 Å². The van der Waals surface area contributed by atoms with Gasteiger partial charge in [-0.2, -0.15) is 5.26 Å². The number of halogens is 1. The number of fused-ring (bicyclic) bond motifs is 2. The van der Waals surface area contributed by atoms with Crippen molar-refractivity contribution >= 4 is 11.8 Å². The summed E-state index contributed by atoms with van der Waals surface area (Å²) in [6, 6.07) is 7.01. The van der Waals surface area contributed by atoms with Crippen molar-refractivity contribution in [3.8, 4) is 6.07 Å². The number of nitrogens with two attached hydrogens (primary N) is 1.